The van der Waals surface area contributed by atoms with Crippen molar-refractivity contribution in [3.05, 3.63) is 35.4 Å². The predicted octanol–water partition coefficient (Wildman–Crippen LogP) is 5.25. The Labute approximate surface area is 102 Å². The highest BCUT2D eigenvalue weighted by molar-refractivity contribution is 5.30. The van der Waals surface area contributed by atoms with Gasteiger partial charge in [-0.15, -0.1) is 0 Å². The largest absolute Gasteiger partial charge is 0.0683 e. The molecule has 0 heterocycles. The van der Waals surface area contributed by atoms with E-state index in [4.69, 9.17) is 0 Å². The van der Waals surface area contributed by atoms with Gasteiger partial charge in [0.2, 0.25) is 0 Å². The third-order valence-corrected chi connectivity index (χ3v) is 2.01. The summed E-state index contributed by atoms with van der Waals surface area (Å²) in [5.74, 6) is 0. The van der Waals surface area contributed by atoms with Gasteiger partial charge in [0.1, 0.15) is 0 Å². The van der Waals surface area contributed by atoms with Gasteiger partial charge in [0.05, 0.1) is 0 Å². The molecule has 0 aliphatic heterocycles. The van der Waals surface area contributed by atoms with Gasteiger partial charge in [-0.2, -0.15) is 0 Å². The molecule has 92 valence electrons. The van der Waals surface area contributed by atoms with Crippen LogP contribution in [0.2, 0.25) is 0 Å². The van der Waals surface area contributed by atoms with Crippen LogP contribution < -0.4 is 0 Å². The summed E-state index contributed by atoms with van der Waals surface area (Å²) in [6.07, 6.45) is 3.96. The second-order valence-electron chi connectivity index (χ2n) is 5.62. The molecule has 0 fully saturated rings. The molecule has 0 unspecified atom stereocenters. The number of aryl methyl sites for hydroxylation is 2. The summed E-state index contributed by atoms with van der Waals surface area (Å²) in [5.41, 5.74) is 3.63. The van der Waals surface area contributed by atoms with Gasteiger partial charge < -0.3 is 0 Å². The molecule has 1 aliphatic rings. The van der Waals surface area contributed by atoms with E-state index in [0.717, 1.165) is 0 Å². The smallest absolute Gasteiger partial charge is 0.0273 e. The van der Waals surface area contributed by atoms with Crippen molar-refractivity contribution in [3.63, 3.8) is 0 Å². The van der Waals surface area contributed by atoms with E-state index in [1.807, 2.05) is 13.8 Å². The van der Waals surface area contributed by atoms with Crippen molar-refractivity contribution in [2.24, 2.45) is 5.41 Å². The Morgan fingerprint density at radius 3 is 1.44 bits per heavy atom. The van der Waals surface area contributed by atoms with E-state index in [1.54, 1.807) is 11.1 Å². The van der Waals surface area contributed by atoms with Crippen molar-refractivity contribution in [2.45, 2.75) is 60.8 Å². The van der Waals surface area contributed by atoms with Crippen molar-refractivity contribution in [2.75, 3.05) is 0 Å². The van der Waals surface area contributed by atoms with Gasteiger partial charge in [-0.3, -0.25) is 0 Å². The van der Waals surface area contributed by atoms with Crippen molar-refractivity contribution < 1.29 is 0 Å². The zero-order valence-electron chi connectivity index (χ0n) is 11.9. The maximum absolute atomic E-state index is 2.24. The van der Waals surface area contributed by atoms with Crippen LogP contribution in [-0.4, -0.2) is 0 Å². The lowest BCUT2D eigenvalue weighted by Gasteiger charge is -2.05. The molecule has 0 spiro atoms. The molecular formula is C16H28. The predicted molar refractivity (Wildman–Crippen MR) is 74.9 cm³/mol. The summed E-state index contributed by atoms with van der Waals surface area (Å²) in [4.78, 5) is 0. The van der Waals surface area contributed by atoms with Crippen LogP contribution in [0.25, 0.3) is 0 Å². The fourth-order valence-corrected chi connectivity index (χ4v) is 1.51. The number of hydrogen-bond acceptors (Lipinski definition) is 0. The summed E-state index contributed by atoms with van der Waals surface area (Å²) in [7, 11) is 0. The molecule has 0 N–H and O–H groups in total. The molecular weight excluding hydrogens is 192 g/mol. The van der Waals surface area contributed by atoms with E-state index < -0.39 is 0 Å². The Bertz CT molecular complexity index is 249. The molecule has 0 saturated carbocycles. The summed E-state index contributed by atoms with van der Waals surface area (Å²) in [6, 6.07) is 8.74. The van der Waals surface area contributed by atoms with Gasteiger partial charge >= 0.3 is 0 Å². The first-order valence-electron chi connectivity index (χ1n) is 6.53. The molecule has 1 aliphatic carbocycles. The van der Waals surface area contributed by atoms with Crippen molar-refractivity contribution >= 4 is 0 Å². The first-order valence-corrected chi connectivity index (χ1v) is 6.53. The fourth-order valence-electron chi connectivity index (χ4n) is 1.51. The first-order chi connectivity index (χ1) is 7.47. The standard InChI is InChI=1S/C9H10.C5H12.C2H6/c1-2-5-9-7-3-6-8(9)4-1;1-5(2,3)4;1-2/h1-2,4-5H,3,6-7H2;1-4H3;1-2H3. The number of hydrogen-bond donors (Lipinski definition) is 0. The molecule has 0 saturated heterocycles. The Morgan fingerprint density at radius 2 is 1.12 bits per heavy atom. The Balaban J connectivity index is 0.000000280. The lowest BCUT2D eigenvalue weighted by molar-refractivity contribution is 0.469. The Kier molecular flexibility index (Phi) is 7.12. The second kappa shape index (κ2) is 7.49. The van der Waals surface area contributed by atoms with Crippen LogP contribution in [-0.2, 0) is 12.8 Å². The molecule has 1 aromatic carbocycles. The number of rotatable bonds is 0. The average molecular weight is 220 g/mol. The van der Waals surface area contributed by atoms with E-state index in [0.29, 0.717) is 5.41 Å². The number of benzene rings is 1. The highest BCUT2D eigenvalue weighted by atomic mass is 14.1. The molecule has 2 rings (SSSR count). The van der Waals surface area contributed by atoms with E-state index in [2.05, 4.69) is 52.0 Å². The molecule has 0 bridgehead atoms. The molecule has 0 radical (unpaired) electrons. The van der Waals surface area contributed by atoms with Gasteiger partial charge in [-0.25, -0.2) is 0 Å². The van der Waals surface area contributed by atoms with Gasteiger partial charge in [-0.1, -0.05) is 65.8 Å². The fraction of sp³-hybridized carbons (Fsp3) is 0.625. The minimum atomic E-state index is 0.500. The van der Waals surface area contributed by atoms with Crippen LogP contribution in [0.15, 0.2) is 24.3 Å². The van der Waals surface area contributed by atoms with E-state index in [9.17, 15) is 0 Å². The molecule has 0 amide bonds. The molecule has 0 aromatic heterocycles. The van der Waals surface area contributed by atoms with E-state index in [-0.39, 0.29) is 0 Å². The minimum Gasteiger partial charge on any atom is -0.0683 e. The summed E-state index contributed by atoms with van der Waals surface area (Å²) >= 11 is 0. The lowest BCUT2D eigenvalue weighted by atomic mass is 10.0. The molecule has 1 aromatic rings. The topological polar surface area (TPSA) is 0 Å². The third-order valence-electron chi connectivity index (χ3n) is 2.01. The van der Waals surface area contributed by atoms with Crippen LogP contribution in [0.3, 0.4) is 0 Å². The zero-order valence-corrected chi connectivity index (χ0v) is 11.9. The first kappa shape index (κ1) is 15.2. The van der Waals surface area contributed by atoms with Gasteiger partial charge in [0.15, 0.2) is 0 Å². The second-order valence-corrected chi connectivity index (χ2v) is 5.62. The van der Waals surface area contributed by atoms with Gasteiger partial charge in [0, 0.05) is 0 Å². The summed E-state index contributed by atoms with van der Waals surface area (Å²) in [5, 5.41) is 0. The monoisotopic (exact) mass is 220 g/mol. The number of fused-ring (bicyclic) bond motifs is 1. The Hall–Kier alpha value is -0.780. The zero-order chi connectivity index (χ0) is 12.6. The third kappa shape index (κ3) is 7.50. The van der Waals surface area contributed by atoms with Crippen LogP contribution >= 0.6 is 0 Å². The lowest BCUT2D eigenvalue weighted by Crippen LogP contribution is -1.93. The average Bonchev–Trinajstić information content (AvgIpc) is 2.66. The minimum absolute atomic E-state index is 0.500. The molecule has 0 nitrogen and oxygen atoms in total. The summed E-state index contributed by atoms with van der Waals surface area (Å²) in [6.45, 7) is 12.8. The van der Waals surface area contributed by atoms with Gasteiger partial charge in [-0.05, 0) is 35.8 Å². The van der Waals surface area contributed by atoms with Crippen LogP contribution in [0, 0.1) is 5.41 Å². The van der Waals surface area contributed by atoms with Gasteiger partial charge in [0.25, 0.3) is 0 Å². The van der Waals surface area contributed by atoms with E-state index in [1.165, 1.54) is 19.3 Å². The maximum atomic E-state index is 2.24. The molecule has 0 heteroatoms. The normalized spacial score (nSPS) is 12.9. The summed E-state index contributed by atoms with van der Waals surface area (Å²) < 4.78 is 0. The highest BCUT2D eigenvalue weighted by Crippen LogP contribution is 2.20. The van der Waals surface area contributed by atoms with Crippen molar-refractivity contribution in [1.82, 2.24) is 0 Å². The van der Waals surface area contributed by atoms with Crippen molar-refractivity contribution in [3.8, 4) is 0 Å². The SMILES string of the molecule is CC.CC(C)(C)C.c1ccc2c(c1)CCC2. The molecule has 0 atom stereocenters. The maximum Gasteiger partial charge on any atom is -0.0273 e. The van der Waals surface area contributed by atoms with Crippen LogP contribution in [0.4, 0.5) is 0 Å². The molecule has 16 heavy (non-hydrogen) atoms. The van der Waals surface area contributed by atoms with Crippen LogP contribution in [0.5, 0.6) is 0 Å². The van der Waals surface area contributed by atoms with Crippen LogP contribution in [0.1, 0.15) is 59.1 Å². The quantitative estimate of drug-likeness (QED) is 0.560. The van der Waals surface area contributed by atoms with Crippen molar-refractivity contribution in [1.29, 1.82) is 0 Å². The highest BCUT2D eigenvalue weighted by Gasteiger charge is 2.07. The van der Waals surface area contributed by atoms with E-state index >= 15 is 0 Å². The Morgan fingerprint density at radius 1 is 0.812 bits per heavy atom.